The van der Waals surface area contributed by atoms with Gasteiger partial charge < -0.3 is 14.8 Å². The first-order chi connectivity index (χ1) is 8.18. The molecule has 0 bridgehead atoms. The fourth-order valence-electron chi connectivity index (χ4n) is 1.64. The highest BCUT2D eigenvalue weighted by Gasteiger charge is 2.47. The van der Waals surface area contributed by atoms with Crippen LogP contribution in [0.2, 0.25) is 5.02 Å². The van der Waals surface area contributed by atoms with Crippen LogP contribution in [-0.2, 0) is 14.3 Å². The van der Waals surface area contributed by atoms with Gasteiger partial charge in [-0.2, -0.15) is 0 Å². The largest absolute Gasteiger partial charge is 0.464 e. The molecule has 1 N–H and O–H groups in total. The van der Waals surface area contributed by atoms with Crippen LogP contribution in [0, 0.1) is 0 Å². The van der Waals surface area contributed by atoms with Gasteiger partial charge in [0.05, 0.1) is 30.5 Å². The molecule has 1 aliphatic rings. The van der Waals surface area contributed by atoms with Gasteiger partial charge >= 0.3 is 5.97 Å². The molecule has 4 nitrogen and oxygen atoms in total. The zero-order valence-electron chi connectivity index (χ0n) is 9.53. The Kier molecular flexibility index (Phi) is 3.54. The number of nitrogens with one attached hydrogen (secondary N) is 1. The number of ether oxygens (including phenoxy) is 2. The van der Waals surface area contributed by atoms with Crippen molar-refractivity contribution in [2.75, 3.05) is 25.1 Å². The maximum atomic E-state index is 11.9. The minimum atomic E-state index is -0.791. The number of halogens is 1. The van der Waals surface area contributed by atoms with E-state index < -0.39 is 5.54 Å². The molecule has 0 aliphatic carbocycles. The topological polar surface area (TPSA) is 47.6 Å². The maximum absolute atomic E-state index is 11.9. The van der Waals surface area contributed by atoms with Crippen molar-refractivity contribution in [3.05, 3.63) is 29.3 Å². The van der Waals surface area contributed by atoms with E-state index in [-0.39, 0.29) is 5.97 Å². The number of hydrogen-bond acceptors (Lipinski definition) is 4. The number of para-hydroxylation sites is 1. The van der Waals surface area contributed by atoms with Gasteiger partial charge in [0.15, 0.2) is 5.54 Å². The first kappa shape index (κ1) is 12.2. The first-order valence-corrected chi connectivity index (χ1v) is 5.83. The second-order valence-electron chi connectivity index (χ2n) is 3.90. The van der Waals surface area contributed by atoms with Gasteiger partial charge in [-0.25, -0.2) is 4.79 Å². The van der Waals surface area contributed by atoms with Crippen LogP contribution < -0.4 is 5.32 Å². The standard InChI is InChI=1S/C12H14ClNO3/c1-2-17-11(15)12(7-16-8-12)14-10-6-4-3-5-9(10)13/h3-6,14H,2,7-8H2,1H3. The average molecular weight is 256 g/mol. The highest BCUT2D eigenvalue weighted by Crippen LogP contribution is 2.29. The van der Waals surface area contributed by atoms with Gasteiger partial charge in [0, 0.05) is 0 Å². The summed E-state index contributed by atoms with van der Waals surface area (Å²) in [5.74, 6) is -0.300. The number of esters is 1. The second kappa shape index (κ2) is 4.94. The van der Waals surface area contributed by atoms with Crippen LogP contribution in [0.25, 0.3) is 0 Å². The molecule has 5 heteroatoms. The lowest BCUT2D eigenvalue weighted by Crippen LogP contribution is -2.62. The van der Waals surface area contributed by atoms with E-state index in [0.29, 0.717) is 30.5 Å². The van der Waals surface area contributed by atoms with Gasteiger partial charge in [-0.1, -0.05) is 23.7 Å². The minimum absolute atomic E-state index is 0.300. The zero-order chi connectivity index (χ0) is 12.3. The van der Waals surface area contributed by atoms with E-state index in [0.717, 1.165) is 0 Å². The smallest absolute Gasteiger partial charge is 0.336 e. The summed E-state index contributed by atoms with van der Waals surface area (Å²) in [5, 5.41) is 3.69. The molecule has 0 saturated carbocycles. The molecule has 0 spiro atoms. The molecule has 1 aromatic rings. The summed E-state index contributed by atoms with van der Waals surface area (Å²) < 4.78 is 10.1. The molecule has 0 radical (unpaired) electrons. The van der Waals surface area contributed by atoms with Gasteiger partial charge in [-0.15, -0.1) is 0 Å². The summed E-state index contributed by atoms with van der Waals surface area (Å²) >= 11 is 6.04. The molecule has 92 valence electrons. The number of rotatable bonds is 4. The van der Waals surface area contributed by atoms with Crippen molar-refractivity contribution < 1.29 is 14.3 Å². The van der Waals surface area contributed by atoms with Gasteiger partial charge in [-0.05, 0) is 19.1 Å². The number of carbonyl (C=O) groups excluding carboxylic acids is 1. The lowest BCUT2D eigenvalue weighted by atomic mass is 9.97. The SMILES string of the molecule is CCOC(=O)C1(Nc2ccccc2Cl)COC1. The van der Waals surface area contributed by atoms with E-state index in [9.17, 15) is 4.79 Å². The summed E-state index contributed by atoms with van der Waals surface area (Å²) in [6, 6.07) is 7.28. The molecule has 17 heavy (non-hydrogen) atoms. The van der Waals surface area contributed by atoms with Gasteiger partial charge in [-0.3, -0.25) is 0 Å². The molecular formula is C12H14ClNO3. The minimum Gasteiger partial charge on any atom is -0.464 e. The van der Waals surface area contributed by atoms with Crippen LogP contribution in [-0.4, -0.2) is 31.3 Å². The van der Waals surface area contributed by atoms with Crippen molar-refractivity contribution in [2.45, 2.75) is 12.5 Å². The number of anilines is 1. The Balaban J connectivity index is 2.15. The predicted molar refractivity (Wildman–Crippen MR) is 65.3 cm³/mol. The lowest BCUT2D eigenvalue weighted by Gasteiger charge is -2.40. The average Bonchev–Trinajstić information content (AvgIpc) is 2.26. The predicted octanol–water partition coefficient (Wildman–Crippen LogP) is 2.08. The van der Waals surface area contributed by atoms with E-state index in [4.69, 9.17) is 21.1 Å². The fraction of sp³-hybridized carbons (Fsp3) is 0.417. The Morgan fingerprint density at radius 1 is 1.53 bits per heavy atom. The number of benzene rings is 1. The molecule has 0 amide bonds. The van der Waals surface area contributed by atoms with Crippen LogP contribution >= 0.6 is 11.6 Å². The third kappa shape index (κ3) is 2.37. The van der Waals surface area contributed by atoms with Crippen LogP contribution in [0.5, 0.6) is 0 Å². The van der Waals surface area contributed by atoms with E-state index in [1.165, 1.54) is 0 Å². The lowest BCUT2D eigenvalue weighted by molar-refractivity contribution is -0.164. The molecule has 0 aromatic heterocycles. The Labute approximate surface area is 105 Å². The van der Waals surface area contributed by atoms with E-state index in [2.05, 4.69) is 5.32 Å². The Hall–Kier alpha value is -1.26. The van der Waals surface area contributed by atoms with Crippen molar-refractivity contribution in [2.24, 2.45) is 0 Å². The van der Waals surface area contributed by atoms with Crippen molar-refractivity contribution >= 4 is 23.3 Å². The number of hydrogen-bond donors (Lipinski definition) is 1. The Morgan fingerprint density at radius 2 is 2.24 bits per heavy atom. The molecule has 1 aromatic carbocycles. The third-order valence-electron chi connectivity index (χ3n) is 2.61. The van der Waals surface area contributed by atoms with Crippen molar-refractivity contribution in [3.63, 3.8) is 0 Å². The van der Waals surface area contributed by atoms with E-state index in [1.54, 1.807) is 13.0 Å². The highest BCUT2D eigenvalue weighted by molar-refractivity contribution is 6.33. The monoisotopic (exact) mass is 255 g/mol. The summed E-state index contributed by atoms with van der Waals surface area (Å²) in [6.07, 6.45) is 0. The number of carbonyl (C=O) groups is 1. The zero-order valence-corrected chi connectivity index (χ0v) is 10.3. The van der Waals surface area contributed by atoms with Crippen molar-refractivity contribution in [3.8, 4) is 0 Å². The third-order valence-corrected chi connectivity index (χ3v) is 2.94. The quantitative estimate of drug-likeness (QED) is 0.837. The summed E-state index contributed by atoms with van der Waals surface area (Å²) in [6.45, 7) is 2.74. The van der Waals surface area contributed by atoms with Crippen LogP contribution in [0.1, 0.15) is 6.92 Å². The highest BCUT2D eigenvalue weighted by atomic mass is 35.5. The first-order valence-electron chi connectivity index (χ1n) is 5.45. The molecule has 1 heterocycles. The van der Waals surface area contributed by atoms with Crippen LogP contribution in [0.4, 0.5) is 5.69 Å². The van der Waals surface area contributed by atoms with E-state index in [1.807, 2.05) is 18.2 Å². The Morgan fingerprint density at radius 3 is 2.76 bits per heavy atom. The summed E-state index contributed by atoms with van der Waals surface area (Å²) in [5.41, 5.74) is -0.0772. The second-order valence-corrected chi connectivity index (χ2v) is 4.31. The van der Waals surface area contributed by atoms with Gasteiger partial charge in [0.25, 0.3) is 0 Å². The summed E-state index contributed by atoms with van der Waals surface area (Å²) in [4.78, 5) is 11.9. The van der Waals surface area contributed by atoms with Gasteiger partial charge in [0.1, 0.15) is 0 Å². The van der Waals surface area contributed by atoms with Crippen LogP contribution in [0.15, 0.2) is 24.3 Å². The van der Waals surface area contributed by atoms with Crippen molar-refractivity contribution in [1.82, 2.24) is 0 Å². The van der Waals surface area contributed by atoms with E-state index >= 15 is 0 Å². The molecule has 1 saturated heterocycles. The summed E-state index contributed by atoms with van der Waals surface area (Å²) in [7, 11) is 0. The molecule has 1 fully saturated rings. The molecule has 2 rings (SSSR count). The van der Waals surface area contributed by atoms with Crippen molar-refractivity contribution in [1.29, 1.82) is 0 Å². The fourth-order valence-corrected chi connectivity index (χ4v) is 1.82. The Bertz CT molecular complexity index is 418. The molecular weight excluding hydrogens is 242 g/mol. The molecule has 0 atom stereocenters. The molecule has 1 aliphatic heterocycles. The maximum Gasteiger partial charge on any atom is 0.336 e. The van der Waals surface area contributed by atoms with Crippen LogP contribution in [0.3, 0.4) is 0 Å². The van der Waals surface area contributed by atoms with Gasteiger partial charge in [0.2, 0.25) is 0 Å². The molecule has 0 unspecified atom stereocenters. The normalized spacial score (nSPS) is 17.1.